The van der Waals surface area contributed by atoms with Gasteiger partial charge in [0.1, 0.15) is 5.56 Å². The summed E-state index contributed by atoms with van der Waals surface area (Å²) < 4.78 is 40.6. The highest BCUT2D eigenvalue weighted by atomic mass is 19.4. The second-order valence-corrected chi connectivity index (χ2v) is 7.10. The first kappa shape index (κ1) is 21.2. The van der Waals surface area contributed by atoms with Gasteiger partial charge in [-0.2, -0.15) is 23.4 Å². The van der Waals surface area contributed by atoms with Gasteiger partial charge >= 0.3 is 12.2 Å². The number of pyridine rings is 3. The van der Waals surface area contributed by atoms with Gasteiger partial charge in [0.2, 0.25) is 0 Å². The predicted octanol–water partition coefficient (Wildman–Crippen LogP) is 4.39. The Morgan fingerprint density at radius 2 is 1.78 bits per heavy atom. The van der Waals surface area contributed by atoms with E-state index >= 15 is 0 Å². The van der Waals surface area contributed by atoms with Crippen molar-refractivity contribution >= 4 is 28.4 Å². The third-order valence-corrected chi connectivity index (χ3v) is 4.53. The third-order valence-electron chi connectivity index (χ3n) is 4.53. The zero-order valence-corrected chi connectivity index (χ0v) is 16.9. The molecule has 4 rings (SSSR count). The molecule has 0 unspecified atom stereocenters. The molecule has 0 bridgehead atoms. The number of rotatable bonds is 4. The van der Waals surface area contributed by atoms with Crippen molar-refractivity contribution < 1.29 is 18.0 Å². The molecule has 0 spiro atoms. The van der Waals surface area contributed by atoms with E-state index in [-0.39, 0.29) is 11.6 Å². The zero-order valence-electron chi connectivity index (χ0n) is 16.9. The van der Waals surface area contributed by atoms with Crippen LogP contribution in [0.15, 0.2) is 49.2 Å². The summed E-state index contributed by atoms with van der Waals surface area (Å²) in [5, 5.41) is 12.4. The van der Waals surface area contributed by atoms with Crippen molar-refractivity contribution in [2.24, 2.45) is 0 Å². The molecule has 0 aromatic carbocycles. The number of anilines is 2. The molecule has 0 aliphatic carbocycles. The number of hydrogen-bond acceptors (Lipinski definition) is 6. The lowest BCUT2D eigenvalue weighted by molar-refractivity contribution is -0.137. The predicted molar refractivity (Wildman–Crippen MR) is 110 cm³/mol. The second-order valence-electron chi connectivity index (χ2n) is 7.10. The van der Waals surface area contributed by atoms with Crippen LogP contribution in [0.25, 0.3) is 16.9 Å². The highest BCUT2D eigenvalue weighted by molar-refractivity contribution is 6.01. The quantitative estimate of drug-likeness (QED) is 0.485. The third kappa shape index (κ3) is 4.19. The van der Waals surface area contributed by atoms with E-state index in [4.69, 9.17) is 0 Å². The van der Waals surface area contributed by atoms with E-state index in [0.717, 1.165) is 22.6 Å². The van der Waals surface area contributed by atoms with E-state index in [0.29, 0.717) is 16.7 Å². The van der Waals surface area contributed by atoms with Crippen LogP contribution in [-0.2, 0) is 6.18 Å². The van der Waals surface area contributed by atoms with Gasteiger partial charge in [-0.15, -0.1) is 4.80 Å². The van der Waals surface area contributed by atoms with E-state index in [1.165, 1.54) is 18.6 Å². The van der Waals surface area contributed by atoms with Crippen molar-refractivity contribution in [3.8, 4) is 5.82 Å². The number of aromatic nitrogens is 6. The minimum atomic E-state index is -4.73. The highest BCUT2D eigenvalue weighted by Crippen LogP contribution is 2.34. The fourth-order valence-corrected chi connectivity index (χ4v) is 3.23. The first-order valence-corrected chi connectivity index (χ1v) is 9.49. The summed E-state index contributed by atoms with van der Waals surface area (Å²) in [6, 6.07) is 3.59. The molecule has 4 aromatic heterocycles. The number of fused-ring (bicyclic) bond motifs is 1. The summed E-state index contributed by atoms with van der Waals surface area (Å²) in [4.78, 5) is 25.7. The Labute approximate surface area is 179 Å². The Balaban J connectivity index is 1.62. The second kappa shape index (κ2) is 8.21. The molecule has 12 heteroatoms. The molecule has 4 heterocycles. The van der Waals surface area contributed by atoms with Gasteiger partial charge in [-0.05, 0) is 24.1 Å². The number of nitrogens with one attached hydrogen (secondary N) is 2. The summed E-state index contributed by atoms with van der Waals surface area (Å²) >= 11 is 0. The maximum absolute atomic E-state index is 13.5. The van der Waals surface area contributed by atoms with Gasteiger partial charge in [0.25, 0.3) is 0 Å². The van der Waals surface area contributed by atoms with Crippen LogP contribution >= 0.6 is 0 Å². The molecule has 0 aliphatic heterocycles. The largest absolute Gasteiger partial charge is 0.420 e. The number of amides is 2. The first-order valence-electron chi connectivity index (χ1n) is 9.49. The van der Waals surface area contributed by atoms with Gasteiger partial charge in [0, 0.05) is 11.8 Å². The van der Waals surface area contributed by atoms with Gasteiger partial charge in [0.15, 0.2) is 5.82 Å². The lowest BCUT2D eigenvalue weighted by atomic mass is 10.0. The Morgan fingerprint density at radius 1 is 1.03 bits per heavy atom. The Hall–Kier alpha value is -4.09. The molecule has 164 valence electrons. The molecule has 32 heavy (non-hydrogen) atoms. The van der Waals surface area contributed by atoms with Crippen LogP contribution in [0.3, 0.4) is 0 Å². The van der Waals surface area contributed by atoms with Crippen LogP contribution in [0.2, 0.25) is 0 Å². The average Bonchev–Trinajstić information content (AvgIpc) is 3.27. The lowest BCUT2D eigenvalue weighted by Crippen LogP contribution is -2.22. The molecule has 0 radical (unpaired) electrons. The van der Waals surface area contributed by atoms with Crippen LogP contribution in [0.5, 0.6) is 0 Å². The van der Waals surface area contributed by atoms with Crippen molar-refractivity contribution in [1.82, 2.24) is 29.9 Å². The number of urea groups is 1. The van der Waals surface area contributed by atoms with Crippen LogP contribution in [-0.4, -0.2) is 36.0 Å². The maximum Gasteiger partial charge on any atom is 0.420 e. The van der Waals surface area contributed by atoms with Gasteiger partial charge in [0.05, 0.1) is 47.2 Å². The van der Waals surface area contributed by atoms with Crippen molar-refractivity contribution in [2.45, 2.75) is 25.9 Å². The molecule has 4 aromatic rings. The molecule has 9 nitrogen and oxygen atoms in total. The Morgan fingerprint density at radius 3 is 2.47 bits per heavy atom. The van der Waals surface area contributed by atoms with Gasteiger partial charge in [-0.3, -0.25) is 9.97 Å². The molecule has 0 atom stereocenters. The molecular formula is C20H17F3N8O. The fourth-order valence-electron chi connectivity index (χ4n) is 3.23. The number of hydrogen-bond donors (Lipinski definition) is 2. The Bertz CT molecular complexity index is 1270. The lowest BCUT2D eigenvalue weighted by Gasteiger charge is -2.16. The number of nitrogens with zero attached hydrogens (tertiary/aromatic N) is 6. The number of alkyl halides is 3. The van der Waals surface area contributed by atoms with Crippen LogP contribution in [0.4, 0.5) is 29.3 Å². The van der Waals surface area contributed by atoms with Gasteiger partial charge in [-0.1, -0.05) is 13.8 Å². The van der Waals surface area contributed by atoms with E-state index < -0.39 is 23.6 Å². The number of carbonyl (C=O) groups excluding carboxylic acids is 1. The summed E-state index contributed by atoms with van der Waals surface area (Å²) in [6.07, 6.45) is 1.95. The van der Waals surface area contributed by atoms with Crippen LogP contribution in [0.1, 0.15) is 30.9 Å². The number of halogens is 3. The minimum Gasteiger partial charge on any atom is -0.306 e. The summed E-state index contributed by atoms with van der Waals surface area (Å²) in [5.74, 6) is -0.495. The van der Waals surface area contributed by atoms with Crippen molar-refractivity contribution in [2.75, 3.05) is 10.6 Å². The monoisotopic (exact) mass is 442 g/mol. The van der Waals surface area contributed by atoms with Crippen molar-refractivity contribution in [3.05, 3.63) is 60.3 Å². The van der Waals surface area contributed by atoms with Crippen molar-refractivity contribution in [3.63, 3.8) is 0 Å². The minimum absolute atomic E-state index is 0.00468. The van der Waals surface area contributed by atoms with E-state index in [1.807, 2.05) is 13.8 Å². The fraction of sp³-hybridized carbons (Fsp3) is 0.200. The normalized spacial score (nSPS) is 11.7. The summed E-state index contributed by atoms with van der Waals surface area (Å²) in [5.41, 5.74) is 1.24. The van der Waals surface area contributed by atoms with Gasteiger partial charge < -0.3 is 10.6 Å². The van der Waals surface area contributed by atoms with E-state index in [2.05, 4.69) is 35.8 Å². The van der Waals surface area contributed by atoms with Crippen LogP contribution < -0.4 is 10.6 Å². The SMILES string of the molecule is CC(C)c1c(NC(=O)Nc2cnc(-n3nccn3)c(C(F)(F)F)c2)cnc2cccnc12. The molecule has 0 fully saturated rings. The van der Waals surface area contributed by atoms with Gasteiger partial charge in [-0.25, -0.2) is 9.78 Å². The van der Waals surface area contributed by atoms with E-state index in [1.54, 1.807) is 18.3 Å². The molecule has 2 amide bonds. The Kier molecular flexibility index (Phi) is 5.43. The summed E-state index contributed by atoms with van der Waals surface area (Å²) in [7, 11) is 0. The van der Waals surface area contributed by atoms with E-state index in [9.17, 15) is 18.0 Å². The molecular weight excluding hydrogens is 425 g/mol. The number of carbonyl (C=O) groups is 1. The highest BCUT2D eigenvalue weighted by Gasteiger charge is 2.36. The zero-order chi connectivity index (χ0) is 22.9. The summed E-state index contributed by atoms with van der Waals surface area (Å²) in [6.45, 7) is 3.88. The van der Waals surface area contributed by atoms with Crippen LogP contribution in [0, 0.1) is 0 Å². The smallest absolute Gasteiger partial charge is 0.306 e. The maximum atomic E-state index is 13.5. The molecule has 2 N–H and O–H groups in total. The topological polar surface area (TPSA) is 111 Å². The standard InChI is InChI=1S/C20H17F3N8O/c1-11(2)16-15(10-25-14-4-3-5-24-17(14)16)30-19(32)29-12-8-13(20(21,22)23)18(26-9-12)31-27-6-7-28-31/h3-11H,1-2H3,(H2,29,30,32). The first-order chi connectivity index (χ1) is 15.2. The van der Waals surface area contributed by atoms with Crippen molar-refractivity contribution in [1.29, 1.82) is 0 Å². The molecule has 0 aliphatic rings. The molecule has 0 saturated heterocycles. The average molecular weight is 442 g/mol. The molecule has 0 saturated carbocycles.